The van der Waals surface area contributed by atoms with E-state index in [2.05, 4.69) is 31.2 Å². The van der Waals surface area contributed by atoms with E-state index in [0.717, 1.165) is 24.8 Å². The van der Waals surface area contributed by atoms with E-state index >= 15 is 0 Å². The predicted molar refractivity (Wildman–Crippen MR) is 104 cm³/mol. The van der Waals surface area contributed by atoms with Gasteiger partial charge in [0.15, 0.2) is 11.5 Å². The first-order valence-electron chi connectivity index (χ1n) is 9.17. The summed E-state index contributed by atoms with van der Waals surface area (Å²) in [7, 11) is 0. The number of rotatable bonds is 3. The number of alkyl halides is 3. The Bertz CT molecular complexity index is 898. The fourth-order valence-corrected chi connectivity index (χ4v) is 2.79. The number of carboxylic acids is 1. The second kappa shape index (κ2) is 9.07. The zero-order chi connectivity index (χ0) is 22.7. The molecule has 2 aromatic rings. The van der Waals surface area contributed by atoms with E-state index in [1.165, 1.54) is 5.56 Å². The number of amides is 1. The molecule has 1 amide bonds. The van der Waals surface area contributed by atoms with Crippen LogP contribution in [0.25, 0.3) is 11.3 Å². The van der Waals surface area contributed by atoms with Crippen molar-refractivity contribution in [3.8, 4) is 11.3 Å². The standard InChI is InChI=1S/C18H21ClN2O2.C2HF3O2/c1-18(2,3)12-9-7-11(8-10-12)16-14(19)15(21-23-16)17(22)20-13-5-4-6-13;3-2(4,5)1(6)7/h7-10,13H,4-6H2,1-3H3,(H,20,22);(H,6,7). The fraction of sp³-hybridized carbons (Fsp3) is 0.450. The third-order valence-electron chi connectivity index (χ3n) is 4.55. The van der Waals surface area contributed by atoms with Crippen LogP contribution in [0.4, 0.5) is 13.2 Å². The first-order chi connectivity index (χ1) is 13.8. The Hall–Kier alpha value is -2.55. The summed E-state index contributed by atoms with van der Waals surface area (Å²) in [6.45, 7) is 6.48. The molecule has 0 aliphatic heterocycles. The molecule has 0 atom stereocenters. The molecule has 1 aromatic carbocycles. The van der Waals surface area contributed by atoms with Crippen molar-refractivity contribution in [1.29, 1.82) is 0 Å². The van der Waals surface area contributed by atoms with Gasteiger partial charge in [-0.15, -0.1) is 0 Å². The predicted octanol–water partition coefficient (Wildman–Crippen LogP) is 5.21. The van der Waals surface area contributed by atoms with Crippen LogP contribution in [0.3, 0.4) is 0 Å². The van der Waals surface area contributed by atoms with Gasteiger partial charge < -0.3 is 14.9 Å². The van der Waals surface area contributed by atoms with E-state index < -0.39 is 12.1 Å². The van der Waals surface area contributed by atoms with Crippen molar-refractivity contribution in [2.24, 2.45) is 0 Å². The molecule has 1 heterocycles. The molecule has 0 radical (unpaired) electrons. The number of hydrogen-bond acceptors (Lipinski definition) is 4. The number of aliphatic carboxylic acids is 1. The SMILES string of the molecule is CC(C)(C)c1ccc(-c2onc(C(=O)NC3CCC3)c2Cl)cc1.O=C(O)C(F)(F)F. The van der Waals surface area contributed by atoms with Gasteiger partial charge in [-0.05, 0) is 30.2 Å². The smallest absolute Gasteiger partial charge is 0.475 e. The van der Waals surface area contributed by atoms with Gasteiger partial charge in [-0.25, -0.2) is 4.79 Å². The number of halogens is 4. The maximum absolute atomic E-state index is 12.2. The lowest BCUT2D eigenvalue weighted by atomic mass is 9.86. The lowest BCUT2D eigenvalue weighted by molar-refractivity contribution is -0.192. The lowest BCUT2D eigenvalue weighted by Crippen LogP contribution is -2.39. The molecule has 1 fully saturated rings. The Labute approximate surface area is 176 Å². The topological polar surface area (TPSA) is 92.4 Å². The Morgan fingerprint density at radius 2 is 1.70 bits per heavy atom. The van der Waals surface area contributed by atoms with E-state index in [9.17, 15) is 18.0 Å². The highest BCUT2D eigenvalue weighted by Gasteiger charge is 2.38. The van der Waals surface area contributed by atoms with Gasteiger partial charge in [0.25, 0.3) is 5.91 Å². The Balaban J connectivity index is 0.000000396. The quantitative estimate of drug-likeness (QED) is 0.675. The Morgan fingerprint density at radius 1 is 1.17 bits per heavy atom. The van der Waals surface area contributed by atoms with Crippen LogP contribution in [0.5, 0.6) is 0 Å². The number of benzene rings is 1. The molecule has 2 N–H and O–H groups in total. The minimum absolute atomic E-state index is 0.0809. The van der Waals surface area contributed by atoms with E-state index in [4.69, 9.17) is 26.0 Å². The van der Waals surface area contributed by atoms with Crippen molar-refractivity contribution in [2.75, 3.05) is 0 Å². The summed E-state index contributed by atoms with van der Waals surface area (Å²) >= 11 is 6.31. The van der Waals surface area contributed by atoms with Crippen molar-refractivity contribution in [1.82, 2.24) is 10.5 Å². The van der Waals surface area contributed by atoms with Crippen molar-refractivity contribution in [2.45, 2.75) is 57.7 Å². The molecule has 6 nitrogen and oxygen atoms in total. The highest BCUT2D eigenvalue weighted by atomic mass is 35.5. The van der Waals surface area contributed by atoms with Gasteiger partial charge in [-0.1, -0.05) is 61.8 Å². The molecule has 1 saturated carbocycles. The summed E-state index contributed by atoms with van der Waals surface area (Å²) < 4.78 is 37.1. The molecule has 0 bridgehead atoms. The number of nitrogens with one attached hydrogen (secondary N) is 1. The first-order valence-corrected chi connectivity index (χ1v) is 9.55. The van der Waals surface area contributed by atoms with E-state index in [0.29, 0.717) is 5.76 Å². The van der Waals surface area contributed by atoms with Gasteiger partial charge in [0.2, 0.25) is 0 Å². The zero-order valence-electron chi connectivity index (χ0n) is 16.6. The monoisotopic (exact) mass is 446 g/mol. The second-order valence-corrected chi connectivity index (χ2v) is 8.28. The molecule has 0 unspecified atom stereocenters. The molecular formula is C20H22ClF3N2O4. The van der Waals surface area contributed by atoms with Crippen molar-refractivity contribution in [3.05, 3.63) is 40.5 Å². The van der Waals surface area contributed by atoms with E-state index in [1.807, 2.05) is 24.3 Å². The van der Waals surface area contributed by atoms with Gasteiger partial charge in [0, 0.05) is 11.6 Å². The van der Waals surface area contributed by atoms with Crippen molar-refractivity contribution in [3.63, 3.8) is 0 Å². The van der Waals surface area contributed by atoms with Crippen LogP contribution >= 0.6 is 11.6 Å². The maximum Gasteiger partial charge on any atom is 0.490 e. The van der Waals surface area contributed by atoms with Crippen LogP contribution < -0.4 is 5.32 Å². The number of carbonyl (C=O) groups excluding carboxylic acids is 1. The summed E-state index contributed by atoms with van der Waals surface area (Å²) in [4.78, 5) is 21.1. The number of aromatic nitrogens is 1. The van der Waals surface area contributed by atoms with Gasteiger partial charge in [-0.2, -0.15) is 13.2 Å². The largest absolute Gasteiger partial charge is 0.490 e. The number of carboxylic acid groups (broad SMARTS) is 1. The third kappa shape index (κ3) is 5.98. The van der Waals surface area contributed by atoms with Gasteiger partial charge >= 0.3 is 12.1 Å². The molecule has 164 valence electrons. The van der Waals surface area contributed by atoms with Crippen LogP contribution in [0.15, 0.2) is 28.8 Å². The summed E-state index contributed by atoms with van der Waals surface area (Å²) in [5, 5.41) is 14.2. The minimum atomic E-state index is -5.08. The molecular weight excluding hydrogens is 425 g/mol. The minimum Gasteiger partial charge on any atom is -0.475 e. The maximum atomic E-state index is 12.2. The lowest BCUT2D eigenvalue weighted by Gasteiger charge is -2.25. The second-order valence-electron chi connectivity index (χ2n) is 7.91. The van der Waals surface area contributed by atoms with Crippen LogP contribution in [0.2, 0.25) is 5.02 Å². The van der Waals surface area contributed by atoms with Gasteiger partial charge in [0.1, 0.15) is 5.02 Å². The van der Waals surface area contributed by atoms with E-state index in [-0.39, 0.29) is 28.1 Å². The van der Waals surface area contributed by atoms with Crippen LogP contribution in [0.1, 0.15) is 56.1 Å². The molecule has 0 saturated heterocycles. The molecule has 1 aromatic heterocycles. The fourth-order valence-electron chi connectivity index (χ4n) is 2.53. The molecule has 3 rings (SSSR count). The van der Waals surface area contributed by atoms with Crippen LogP contribution in [-0.2, 0) is 10.2 Å². The summed E-state index contributed by atoms with van der Waals surface area (Å²) in [5.41, 5.74) is 2.28. The Kier molecular flexibility index (Phi) is 7.18. The molecule has 30 heavy (non-hydrogen) atoms. The normalized spacial score (nSPS) is 14.4. The van der Waals surface area contributed by atoms with E-state index in [1.54, 1.807) is 0 Å². The highest BCUT2D eigenvalue weighted by molar-refractivity contribution is 6.35. The van der Waals surface area contributed by atoms with Crippen molar-refractivity contribution >= 4 is 23.5 Å². The number of nitrogens with zero attached hydrogens (tertiary/aromatic N) is 1. The first kappa shape index (κ1) is 23.7. The average molecular weight is 447 g/mol. The van der Waals surface area contributed by atoms with Crippen LogP contribution in [0, 0.1) is 0 Å². The number of carbonyl (C=O) groups is 2. The average Bonchev–Trinajstić information content (AvgIpc) is 2.98. The third-order valence-corrected chi connectivity index (χ3v) is 4.90. The zero-order valence-corrected chi connectivity index (χ0v) is 17.4. The molecule has 1 aliphatic rings. The Morgan fingerprint density at radius 3 is 2.10 bits per heavy atom. The van der Waals surface area contributed by atoms with Crippen LogP contribution in [-0.4, -0.2) is 34.4 Å². The molecule has 10 heteroatoms. The van der Waals surface area contributed by atoms with Gasteiger partial charge in [-0.3, -0.25) is 4.79 Å². The number of hydrogen-bond donors (Lipinski definition) is 2. The summed E-state index contributed by atoms with van der Waals surface area (Å²) in [6, 6.07) is 8.22. The summed E-state index contributed by atoms with van der Waals surface area (Å²) in [6.07, 6.45) is -1.90. The highest BCUT2D eigenvalue weighted by Crippen LogP contribution is 2.33. The van der Waals surface area contributed by atoms with Crippen molar-refractivity contribution < 1.29 is 32.4 Å². The molecule has 0 spiro atoms. The van der Waals surface area contributed by atoms with Gasteiger partial charge in [0.05, 0.1) is 0 Å². The summed E-state index contributed by atoms with van der Waals surface area (Å²) in [5.74, 6) is -2.58. The molecule has 1 aliphatic carbocycles.